The lowest BCUT2D eigenvalue weighted by Gasteiger charge is -2.22. The van der Waals surface area contributed by atoms with Crippen LogP contribution in [-0.2, 0) is 0 Å². The number of hydrogen-bond acceptors (Lipinski definition) is 5. The van der Waals surface area contributed by atoms with Gasteiger partial charge in [0.25, 0.3) is 5.91 Å². The molecule has 2 heterocycles. The van der Waals surface area contributed by atoms with Crippen LogP contribution in [0.4, 0.5) is 0 Å². The molecule has 1 saturated carbocycles. The Hall–Kier alpha value is -2.08. The number of hydrogen-bond donors (Lipinski definition) is 1. The van der Waals surface area contributed by atoms with Gasteiger partial charge in [-0.15, -0.1) is 0 Å². The van der Waals surface area contributed by atoms with Crippen LogP contribution in [0.3, 0.4) is 0 Å². The highest BCUT2D eigenvalue weighted by molar-refractivity contribution is 5.92. The second-order valence-corrected chi connectivity index (χ2v) is 5.59. The van der Waals surface area contributed by atoms with Gasteiger partial charge in [-0.2, -0.15) is 0 Å². The van der Waals surface area contributed by atoms with Gasteiger partial charge in [0, 0.05) is 18.5 Å². The molecule has 1 aliphatic carbocycles. The van der Waals surface area contributed by atoms with Crippen molar-refractivity contribution in [3.63, 3.8) is 0 Å². The molecule has 2 aromatic rings. The quantitative estimate of drug-likeness (QED) is 0.882. The third kappa shape index (κ3) is 3.16. The lowest BCUT2D eigenvalue weighted by molar-refractivity contribution is 0.0930. The molecule has 0 spiro atoms. The summed E-state index contributed by atoms with van der Waals surface area (Å²) in [4.78, 5) is 14.1. The van der Waals surface area contributed by atoms with E-state index in [1.54, 1.807) is 12.3 Å². The largest absolute Gasteiger partial charge is 0.468 e. The second kappa shape index (κ2) is 5.73. The van der Waals surface area contributed by atoms with Crippen molar-refractivity contribution < 1.29 is 13.7 Å². The zero-order valence-corrected chi connectivity index (χ0v) is 12.2. The van der Waals surface area contributed by atoms with Gasteiger partial charge in [-0.25, -0.2) is 0 Å². The predicted molar refractivity (Wildman–Crippen MR) is 75.9 cm³/mol. The Balaban J connectivity index is 1.60. The van der Waals surface area contributed by atoms with Gasteiger partial charge < -0.3 is 14.3 Å². The normalized spacial score (nSPS) is 16.1. The third-order valence-corrected chi connectivity index (χ3v) is 3.69. The Bertz CT molecular complexity index is 599. The van der Waals surface area contributed by atoms with Crippen molar-refractivity contribution >= 4 is 5.91 Å². The monoisotopic (exact) mass is 289 g/mol. The Labute approximate surface area is 123 Å². The summed E-state index contributed by atoms with van der Waals surface area (Å²) in [5.74, 6) is 1.87. The first-order valence-electron chi connectivity index (χ1n) is 7.10. The van der Waals surface area contributed by atoms with Crippen LogP contribution in [0.5, 0.6) is 0 Å². The van der Waals surface area contributed by atoms with Crippen molar-refractivity contribution in [3.8, 4) is 0 Å². The molecule has 6 heteroatoms. The minimum atomic E-state index is -0.218. The molecule has 2 aromatic heterocycles. The molecule has 1 fully saturated rings. The van der Waals surface area contributed by atoms with Crippen molar-refractivity contribution in [1.82, 2.24) is 15.4 Å². The van der Waals surface area contributed by atoms with Crippen LogP contribution in [0.15, 0.2) is 33.4 Å². The van der Waals surface area contributed by atoms with Crippen LogP contribution >= 0.6 is 0 Å². The molecule has 1 amide bonds. The number of rotatable bonds is 6. The van der Waals surface area contributed by atoms with Crippen molar-refractivity contribution in [2.45, 2.75) is 24.8 Å². The van der Waals surface area contributed by atoms with Gasteiger partial charge >= 0.3 is 0 Å². The number of carbonyl (C=O) groups is 1. The fraction of sp³-hybridized carbons (Fsp3) is 0.467. The van der Waals surface area contributed by atoms with E-state index in [9.17, 15) is 4.79 Å². The van der Waals surface area contributed by atoms with Crippen molar-refractivity contribution in [2.24, 2.45) is 0 Å². The molecule has 0 aromatic carbocycles. The highest BCUT2D eigenvalue weighted by Gasteiger charge is 2.29. The summed E-state index contributed by atoms with van der Waals surface area (Å²) >= 11 is 0. The molecule has 0 aliphatic heterocycles. The zero-order valence-electron chi connectivity index (χ0n) is 12.2. The fourth-order valence-electron chi connectivity index (χ4n) is 2.26. The van der Waals surface area contributed by atoms with Crippen LogP contribution in [0.1, 0.15) is 46.8 Å². The maximum absolute atomic E-state index is 12.1. The van der Waals surface area contributed by atoms with E-state index in [-0.39, 0.29) is 11.9 Å². The van der Waals surface area contributed by atoms with Crippen molar-refractivity contribution in [2.75, 3.05) is 20.6 Å². The third-order valence-electron chi connectivity index (χ3n) is 3.69. The first-order chi connectivity index (χ1) is 10.1. The molecule has 0 bridgehead atoms. The molecule has 0 unspecified atom stereocenters. The summed E-state index contributed by atoms with van der Waals surface area (Å²) in [6, 6.07) is 5.47. The number of furan rings is 1. The number of carbonyl (C=O) groups excluding carboxylic acids is 1. The van der Waals surface area contributed by atoms with Gasteiger partial charge in [-0.05, 0) is 39.1 Å². The topological polar surface area (TPSA) is 71.5 Å². The molecule has 21 heavy (non-hydrogen) atoms. The SMILES string of the molecule is CN(C)[C@@H](CNC(=O)c1cc(C2CC2)on1)c1ccco1. The minimum Gasteiger partial charge on any atom is -0.468 e. The maximum atomic E-state index is 12.1. The number of aromatic nitrogens is 1. The second-order valence-electron chi connectivity index (χ2n) is 5.59. The Morgan fingerprint density at radius 3 is 2.95 bits per heavy atom. The van der Waals surface area contributed by atoms with E-state index >= 15 is 0 Å². The molecule has 1 N–H and O–H groups in total. The molecule has 3 rings (SSSR count). The zero-order chi connectivity index (χ0) is 14.8. The number of likely N-dealkylation sites (N-methyl/N-ethyl adjacent to an activating group) is 1. The Morgan fingerprint density at radius 2 is 2.33 bits per heavy atom. The number of amides is 1. The van der Waals surface area contributed by atoms with Gasteiger partial charge in [0.1, 0.15) is 11.5 Å². The molecule has 0 radical (unpaired) electrons. The fourth-order valence-corrected chi connectivity index (χ4v) is 2.26. The van der Waals surface area contributed by atoms with E-state index in [0.29, 0.717) is 18.2 Å². The minimum absolute atomic E-state index is 0.0150. The van der Waals surface area contributed by atoms with Crippen LogP contribution in [0.25, 0.3) is 0 Å². The molecular weight excluding hydrogens is 270 g/mol. The van der Waals surface area contributed by atoms with Crippen LogP contribution in [0, 0.1) is 0 Å². The van der Waals surface area contributed by atoms with Gasteiger partial charge in [-0.1, -0.05) is 5.16 Å². The van der Waals surface area contributed by atoms with Gasteiger partial charge in [0.05, 0.1) is 12.3 Å². The van der Waals surface area contributed by atoms with Crippen LogP contribution in [-0.4, -0.2) is 36.6 Å². The predicted octanol–water partition coefficient (Wildman–Crippen LogP) is 2.18. The highest BCUT2D eigenvalue weighted by atomic mass is 16.5. The molecule has 112 valence electrons. The van der Waals surface area contributed by atoms with Crippen LogP contribution < -0.4 is 5.32 Å². The lowest BCUT2D eigenvalue weighted by atomic mass is 10.2. The van der Waals surface area contributed by atoms with E-state index < -0.39 is 0 Å². The first kappa shape index (κ1) is 13.9. The number of nitrogens with one attached hydrogen (secondary N) is 1. The summed E-state index contributed by atoms with van der Waals surface area (Å²) in [6.45, 7) is 0.449. The number of nitrogens with zero attached hydrogens (tertiary/aromatic N) is 2. The van der Waals surface area contributed by atoms with E-state index in [1.807, 2.05) is 31.1 Å². The molecule has 1 aliphatic rings. The van der Waals surface area contributed by atoms with E-state index in [4.69, 9.17) is 8.94 Å². The molecule has 1 atom stereocenters. The first-order valence-corrected chi connectivity index (χ1v) is 7.10. The Kier molecular flexibility index (Phi) is 3.79. The van der Waals surface area contributed by atoms with Crippen molar-refractivity contribution in [1.29, 1.82) is 0 Å². The van der Waals surface area contributed by atoms with Gasteiger partial charge in [-0.3, -0.25) is 9.69 Å². The van der Waals surface area contributed by atoms with Gasteiger partial charge in [0.15, 0.2) is 5.69 Å². The maximum Gasteiger partial charge on any atom is 0.273 e. The summed E-state index contributed by atoms with van der Waals surface area (Å²) in [6.07, 6.45) is 3.88. The van der Waals surface area contributed by atoms with Gasteiger partial charge in [0.2, 0.25) is 0 Å². The average Bonchev–Trinajstić information content (AvgIpc) is 2.98. The average molecular weight is 289 g/mol. The summed E-state index contributed by atoms with van der Waals surface area (Å²) in [5, 5.41) is 6.72. The van der Waals surface area contributed by atoms with E-state index in [2.05, 4.69) is 10.5 Å². The molecule has 6 nitrogen and oxygen atoms in total. The summed E-state index contributed by atoms with van der Waals surface area (Å²) in [5.41, 5.74) is 0.342. The summed E-state index contributed by atoms with van der Waals surface area (Å²) in [7, 11) is 3.89. The standard InChI is InChI=1S/C15H19N3O3/c1-18(2)12(13-4-3-7-20-13)9-16-15(19)11-8-14(21-17-11)10-5-6-10/h3-4,7-8,10,12H,5-6,9H2,1-2H3,(H,16,19)/t12-/m0/s1. The van der Waals surface area contributed by atoms with Crippen molar-refractivity contribution in [3.05, 3.63) is 41.7 Å². The highest BCUT2D eigenvalue weighted by Crippen LogP contribution is 2.40. The van der Waals surface area contributed by atoms with E-state index in [1.165, 1.54) is 0 Å². The molecular formula is C15H19N3O3. The van der Waals surface area contributed by atoms with Crippen LogP contribution in [0.2, 0.25) is 0 Å². The lowest BCUT2D eigenvalue weighted by Crippen LogP contribution is -2.34. The summed E-state index contributed by atoms with van der Waals surface area (Å²) < 4.78 is 10.6. The van der Waals surface area contributed by atoms with E-state index in [0.717, 1.165) is 24.4 Å². The Morgan fingerprint density at radius 1 is 1.52 bits per heavy atom. The smallest absolute Gasteiger partial charge is 0.273 e. The molecule has 0 saturated heterocycles.